The van der Waals surface area contributed by atoms with Gasteiger partial charge in [-0.2, -0.15) is 5.26 Å². The van der Waals surface area contributed by atoms with E-state index in [1.807, 2.05) is 63.2 Å². The van der Waals surface area contributed by atoms with Gasteiger partial charge in [-0.15, -0.1) is 0 Å². The molecule has 2 rings (SSSR count). The van der Waals surface area contributed by atoms with Crippen molar-refractivity contribution in [2.24, 2.45) is 0 Å². The number of aromatic nitrogens is 1. The molecule has 3 nitrogen and oxygen atoms in total. The Morgan fingerprint density at radius 3 is 2.32 bits per heavy atom. The van der Waals surface area contributed by atoms with E-state index in [1.165, 1.54) is 0 Å². The van der Waals surface area contributed by atoms with Crippen molar-refractivity contribution in [1.29, 1.82) is 5.26 Å². The molecule has 1 N–H and O–H groups in total. The molecule has 0 aliphatic carbocycles. The van der Waals surface area contributed by atoms with E-state index < -0.39 is 0 Å². The van der Waals surface area contributed by atoms with E-state index in [2.05, 4.69) is 4.98 Å². The molecule has 1 aromatic carbocycles. The lowest BCUT2D eigenvalue weighted by molar-refractivity contribution is 0.567. The van der Waals surface area contributed by atoms with Gasteiger partial charge in [-0.3, -0.25) is 4.79 Å². The SMILES string of the molecule is CC(C)(C)c1cc(-c2ccccc2)c(C#N)c(=O)[nH]1. The number of hydrogen-bond acceptors (Lipinski definition) is 2. The predicted molar refractivity (Wildman–Crippen MR) is 75.9 cm³/mol. The van der Waals surface area contributed by atoms with Crippen LogP contribution in [0.25, 0.3) is 11.1 Å². The molecule has 0 bridgehead atoms. The zero-order valence-electron chi connectivity index (χ0n) is 11.3. The van der Waals surface area contributed by atoms with Crippen LogP contribution in [-0.4, -0.2) is 4.98 Å². The monoisotopic (exact) mass is 252 g/mol. The van der Waals surface area contributed by atoms with E-state index in [0.29, 0.717) is 5.56 Å². The first-order valence-electron chi connectivity index (χ1n) is 6.17. The number of pyridine rings is 1. The van der Waals surface area contributed by atoms with Gasteiger partial charge in [-0.1, -0.05) is 51.1 Å². The average Bonchev–Trinajstić information content (AvgIpc) is 2.37. The van der Waals surface area contributed by atoms with Crippen LogP contribution in [0.1, 0.15) is 32.0 Å². The summed E-state index contributed by atoms with van der Waals surface area (Å²) in [6.07, 6.45) is 0. The smallest absolute Gasteiger partial charge is 0.266 e. The van der Waals surface area contributed by atoms with Gasteiger partial charge in [0.05, 0.1) is 0 Å². The van der Waals surface area contributed by atoms with Crippen molar-refractivity contribution in [2.75, 3.05) is 0 Å². The minimum absolute atomic E-state index is 0.166. The third-order valence-corrected chi connectivity index (χ3v) is 3.04. The van der Waals surface area contributed by atoms with Crippen LogP contribution in [0, 0.1) is 11.3 Å². The molecule has 0 spiro atoms. The van der Waals surface area contributed by atoms with Crippen LogP contribution in [0.2, 0.25) is 0 Å². The molecule has 0 saturated heterocycles. The Hall–Kier alpha value is -2.34. The van der Waals surface area contributed by atoms with Gasteiger partial charge < -0.3 is 4.98 Å². The zero-order valence-corrected chi connectivity index (χ0v) is 11.3. The highest BCUT2D eigenvalue weighted by atomic mass is 16.1. The van der Waals surface area contributed by atoms with Crippen LogP contribution in [0.3, 0.4) is 0 Å². The number of H-pyrrole nitrogens is 1. The summed E-state index contributed by atoms with van der Waals surface area (Å²) < 4.78 is 0. The summed E-state index contributed by atoms with van der Waals surface area (Å²) >= 11 is 0. The lowest BCUT2D eigenvalue weighted by Crippen LogP contribution is -2.22. The van der Waals surface area contributed by atoms with Gasteiger partial charge in [0.25, 0.3) is 5.56 Å². The Labute approximate surface area is 112 Å². The van der Waals surface area contributed by atoms with Crippen molar-refractivity contribution in [3.05, 3.63) is 58.0 Å². The Bertz CT molecular complexity index is 685. The Kier molecular flexibility index (Phi) is 3.26. The summed E-state index contributed by atoms with van der Waals surface area (Å²) in [7, 11) is 0. The third kappa shape index (κ3) is 2.58. The normalized spacial score (nSPS) is 11.1. The second kappa shape index (κ2) is 4.74. The fourth-order valence-corrected chi connectivity index (χ4v) is 1.92. The molecule has 0 aliphatic rings. The summed E-state index contributed by atoms with van der Waals surface area (Å²) in [6.45, 7) is 6.08. The third-order valence-electron chi connectivity index (χ3n) is 3.04. The number of hydrogen-bond donors (Lipinski definition) is 1. The average molecular weight is 252 g/mol. The van der Waals surface area contributed by atoms with E-state index in [1.54, 1.807) is 0 Å². The molecule has 0 atom stereocenters. The molecule has 0 saturated carbocycles. The summed E-state index contributed by atoms with van der Waals surface area (Å²) in [5, 5.41) is 9.18. The van der Waals surface area contributed by atoms with Crippen LogP contribution in [-0.2, 0) is 5.41 Å². The zero-order chi connectivity index (χ0) is 14.0. The van der Waals surface area contributed by atoms with E-state index in [9.17, 15) is 10.1 Å². The number of rotatable bonds is 1. The van der Waals surface area contributed by atoms with Gasteiger partial charge in [0.1, 0.15) is 11.6 Å². The molecule has 0 unspecified atom stereocenters. The number of nitriles is 1. The van der Waals surface area contributed by atoms with Crippen molar-refractivity contribution in [3.8, 4) is 17.2 Å². The molecule has 96 valence electrons. The van der Waals surface area contributed by atoms with Crippen molar-refractivity contribution >= 4 is 0 Å². The van der Waals surface area contributed by atoms with Crippen molar-refractivity contribution < 1.29 is 0 Å². The minimum Gasteiger partial charge on any atom is -0.325 e. The van der Waals surface area contributed by atoms with Gasteiger partial charge in [0.2, 0.25) is 0 Å². The lowest BCUT2D eigenvalue weighted by Gasteiger charge is -2.19. The molecule has 1 heterocycles. The minimum atomic E-state index is -0.325. The lowest BCUT2D eigenvalue weighted by atomic mass is 9.89. The molecular formula is C16H16N2O. The number of aromatic amines is 1. The van der Waals surface area contributed by atoms with Crippen LogP contribution < -0.4 is 5.56 Å². The Balaban J connectivity index is 2.76. The standard InChI is InChI=1S/C16H16N2O/c1-16(2,3)14-9-12(11-7-5-4-6-8-11)13(10-17)15(19)18-14/h4-9H,1-3H3,(H,18,19). The van der Waals surface area contributed by atoms with E-state index in [4.69, 9.17) is 0 Å². The Morgan fingerprint density at radius 2 is 1.79 bits per heavy atom. The van der Waals surface area contributed by atoms with Crippen molar-refractivity contribution in [2.45, 2.75) is 26.2 Å². The molecule has 2 aromatic rings. The fraction of sp³-hybridized carbons (Fsp3) is 0.250. The van der Waals surface area contributed by atoms with Gasteiger partial charge in [0.15, 0.2) is 0 Å². The van der Waals surface area contributed by atoms with Crippen LogP contribution >= 0.6 is 0 Å². The molecule has 0 radical (unpaired) electrons. The van der Waals surface area contributed by atoms with Crippen LogP contribution in [0.5, 0.6) is 0 Å². The first kappa shape index (κ1) is 13.1. The van der Waals surface area contributed by atoms with Crippen LogP contribution in [0.4, 0.5) is 0 Å². The summed E-state index contributed by atoms with van der Waals surface area (Å²) in [6, 6.07) is 13.4. The molecule has 0 amide bonds. The second-order valence-corrected chi connectivity index (χ2v) is 5.53. The first-order chi connectivity index (χ1) is 8.93. The van der Waals surface area contributed by atoms with Gasteiger partial charge in [0, 0.05) is 16.7 Å². The summed E-state index contributed by atoms with van der Waals surface area (Å²) in [4.78, 5) is 14.8. The summed E-state index contributed by atoms with van der Waals surface area (Å²) in [5.74, 6) is 0. The second-order valence-electron chi connectivity index (χ2n) is 5.53. The topological polar surface area (TPSA) is 56.6 Å². The highest BCUT2D eigenvalue weighted by molar-refractivity contribution is 5.70. The largest absolute Gasteiger partial charge is 0.325 e. The number of nitrogens with one attached hydrogen (secondary N) is 1. The summed E-state index contributed by atoms with van der Waals surface area (Å²) in [5.41, 5.74) is 2.08. The van der Waals surface area contributed by atoms with E-state index in [-0.39, 0.29) is 16.5 Å². The molecule has 3 heteroatoms. The Morgan fingerprint density at radius 1 is 1.16 bits per heavy atom. The van der Waals surface area contributed by atoms with Crippen LogP contribution in [0.15, 0.2) is 41.2 Å². The number of benzene rings is 1. The first-order valence-corrected chi connectivity index (χ1v) is 6.17. The molecule has 0 aliphatic heterocycles. The van der Waals surface area contributed by atoms with Gasteiger partial charge in [-0.25, -0.2) is 0 Å². The fourth-order valence-electron chi connectivity index (χ4n) is 1.92. The van der Waals surface area contributed by atoms with E-state index >= 15 is 0 Å². The maximum Gasteiger partial charge on any atom is 0.266 e. The quantitative estimate of drug-likeness (QED) is 0.847. The highest BCUT2D eigenvalue weighted by Gasteiger charge is 2.19. The molecule has 0 fully saturated rings. The van der Waals surface area contributed by atoms with Gasteiger partial charge >= 0.3 is 0 Å². The predicted octanol–water partition coefficient (Wildman–Crippen LogP) is 3.21. The van der Waals surface area contributed by atoms with E-state index in [0.717, 1.165) is 11.3 Å². The molecular weight excluding hydrogens is 236 g/mol. The highest BCUT2D eigenvalue weighted by Crippen LogP contribution is 2.26. The number of nitrogens with zero attached hydrogens (tertiary/aromatic N) is 1. The maximum atomic E-state index is 12.0. The van der Waals surface area contributed by atoms with Crippen molar-refractivity contribution in [3.63, 3.8) is 0 Å². The van der Waals surface area contributed by atoms with Gasteiger partial charge in [-0.05, 0) is 11.6 Å². The molecule has 1 aromatic heterocycles. The molecule has 19 heavy (non-hydrogen) atoms. The van der Waals surface area contributed by atoms with Crippen molar-refractivity contribution in [1.82, 2.24) is 4.98 Å². The maximum absolute atomic E-state index is 12.0.